The molecule has 108 valence electrons. The van der Waals surface area contributed by atoms with Gasteiger partial charge in [0.05, 0.1) is 0 Å². The first-order valence-electron chi connectivity index (χ1n) is 7.63. The average molecular weight is 275 g/mol. The number of carbonyl (C=O) groups excluding carboxylic acids is 1. The van der Waals surface area contributed by atoms with Crippen LogP contribution in [0.1, 0.15) is 43.2 Å². The molecular weight excluding hydrogens is 253 g/mol. The first kappa shape index (κ1) is 13.6. The van der Waals surface area contributed by atoms with Crippen LogP contribution in [0, 0.1) is 30.5 Å². The molecule has 3 unspecified atom stereocenters. The number of halogens is 1. The van der Waals surface area contributed by atoms with E-state index in [9.17, 15) is 9.18 Å². The Morgan fingerprint density at radius 2 is 2.20 bits per heavy atom. The van der Waals surface area contributed by atoms with Crippen LogP contribution in [0.5, 0.6) is 0 Å². The molecule has 1 aromatic carbocycles. The minimum atomic E-state index is -0.204. The van der Waals surface area contributed by atoms with Crippen LogP contribution in [0.25, 0.3) is 0 Å². The highest BCUT2D eigenvalue weighted by Crippen LogP contribution is 2.49. The SMILES string of the molecule is Cc1ccc(CNC(=O)CC2CC3CCC2C3)cc1F. The van der Waals surface area contributed by atoms with Gasteiger partial charge in [0, 0.05) is 13.0 Å². The first-order valence-corrected chi connectivity index (χ1v) is 7.63. The molecule has 0 aliphatic heterocycles. The van der Waals surface area contributed by atoms with Crippen LogP contribution in [0.15, 0.2) is 18.2 Å². The summed E-state index contributed by atoms with van der Waals surface area (Å²) in [7, 11) is 0. The second kappa shape index (κ2) is 5.55. The molecule has 2 bridgehead atoms. The van der Waals surface area contributed by atoms with Crippen LogP contribution in [0.2, 0.25) is 0 Å². The quantitative estimate of drug-likeness (QED) is 0.894. The van der Waals surface area contributed by atoms with E-state index in [0.29, 0.717) is 24.4 Å². The third-order valence-electron chi connectivity index (χ3n) is 5.06. The zero-order chi connectivity index (χ0) is 14.1. The van der Waals surface area contributed by atoms with E-state index in [-0.39, 0.29) is 11.7 Å². The van der Waals surface area contributed by atoms with Gasteiger partial charge in [-0.25, -0.2) is 4.39 Å². The molecule has 3 rings (SSSR count). The minimum absolute atomic E-state index is 0.114. The molecule has 0 saturated heterocycles. The van der Waals surface area contributed by atoms with Gasteiger partial charge in [-0.1, -0.05) is 18.6 Å². The number of aryl methyl sites for hydroxylation is 1. The van der Waals surface area contributed by atoms with Gasteiger partial charge in [0.25, 0.3) is 0 Å². The Bertz CT molecular complexity index is 514. The average Bonchev–Trinajstić information content (AvgIpc) is 3.02. The Balaban J connectivity index is 1.48. The molecule has 2 nitrogen and oxygen atoms in total. The van der Waals surface area contributed by atoms with Gasteiger partial charge in [0.1, 0.15) is 5.82 Å². The maximum atomic E-state index is 13.4. The standard InChI is InChI=1S/C17H22FNO/c1-11-2-3-13(8-16(11)18)10-19-17(20)9-15-7-12-4-5-14(15)6-12/h2-3,8,12,14-15H,4-7,9-10H2,1H3,(H,19,20). The van der Waals surface area contributed by atoms with Crippen molar-refractivity contribution in [2.45, 2.75) is 45.6 Å². The number of nitrogens with one attached hydrogen (secondary N) is 1. The molecule has 2 saturated carbocycles. The zero-order valence-corrected chi connectivity index (χ0v) is 12.0. The molecule has 2 aliphatic rings. The molecule has 1 aromatic rings. The van der Waals surface area contributed by atoms with Crippen molar-refractivity contribution < 1.29 is 9.18 Å². The Kier molecular flexibility index (Phi) is 3.77. The molecule has 0 aromatic heterocycles. The number of hydrogen-bond donors (Lipinski definition) is 1. The Labute approximate surface area is 119 Å². The molecule has 0 spiro atoms. The van der Waals surface area contributed by atoms with E-state index in [1.165, 1.54) is 31.7 Å². The molecule has 3 atom stereocenters. The van der Waals surface area contributed by atoms with E-state index in [1.54, 1.807) is 13.0 Å². The first-order chi connectivity index (χ1) is 9.61. The maximum absolute atomic E-state index is 13.4. The lowest BCUT2D eigenvalue weighted by Crippen LogP contribution is -2.26. The van der Waals surface area contributed by atoms with E-state index in [0.717, 1.165) is 17.4 Å². The van der Waals surface area contributed by atoms with E-state index in [1.807, 2.05) is 6.07 Å². The Morgan fingerprint density at radius 3 is 2.85 bits per heavy atom. The molecule has 1 N–H and O–H groups in total. The van der Waals surface area contributed by atoms with Gasteiger partial charge in [-0.15, -0.1) is 0 Å². The third kappa shape index (κ3) is 2.87. The van der Waals surface area contributed by atoms with Gasteiger partial charge in [-0.3, -0.25) is 4.79 Å². The lowest BCUT2D eigenvalue weighted by atomic mass is 9.86. The number of fused-ring (bicyclic) bond motifs is 2. The minimum Gasteiger partial charge on any atom is -0.352 e. The summed E-state index contributed by atoms with van der Waals surface area (Å²) in [6.45, 7) is 2.17. The van der Waals surface area contributed by atoms with Crippen LogP contribution >= 0.6 is 0 Å². The van der Waals surface area contributed by atoms with Crippen molar-refractivity contribution in [3.8, 4) is 0 Å². The van der Waals surface area contributed by atoms with Crippen LogP contribution in [-0.2, 0) is 11.3 Å². The molecule has 0 radical (unpaired) electrons. The normalized spacial score (nSPS) is 27.8. The van der Waals surface area contributed by atoms with Crippen LogP contribution in [0.3, 0.4) is 0 Å². The van der Waals surface area contributed by atoms with E-state index in [4.69, 9.17) is 0 Å². The number of hydrogen-bond acceptors (Lipinski definition) is 1. The van der Waals surface area contributed by atoms with Crippen LogP contribution in [-0.4, -0.2) is 5.91 Å². The monoisotopic (exact) mass is 275 g/mol. The van der Waals surface area contributed by atoms with Gasteiger partial charge >= 0.3 is 0 Å². The van der Waals surface area contributed by atoms with Crippen molar-refractivity contribution in [3.63, 3.8) is 0 Å². The number of amides is 1. The van der Waals surface area contributed by atoms with Crippen molar-refractivity contribution in [1.82, 2.24) is 5.32 Å². The predicted molar refractivity (Wildman–Crippen MR) is 76.5 cm³/mol. The van der Waals surface area contributed by atoms with Gasteiger partial charge in [-0.05, 0) is 61.1 Å². The van der Waals surface area contributed by atoms with Crippen molar-refractivity contribution in [2.75, 3.05) is 0 Å². The van der Waals surface area contributed by atoms with E-state index < -0.39 is 0 Å². The summed E-state index contributed by atoms with van der Waals surface area (Å²) in [5.41, 5.74) is 1.47. The third-order valence-corrected chi connectivity index (χ3v) is 5.06. The summed E-state index contributed by atoms with van der Waals surface area (Å²) >= 11 is 0. The topological polar surface area (TPSA) is 29.1 Å². The fourth-order valence-corrected chi connectivity index (χ4v) is 3.88. The number of carbonyl (C=O) groups is 1. The van der Waals surface area contributed by atoms with Crippen molar-refractivity contribution in [1.29, 1.82) is 0 Å². The molecule has 0 heterocycles. The molecule has 2 fully saturated rings. The molecule has 2 aliphatic carbocycles. The fourth-order valence-electron chi connectivity index (χ4n) is 3.88. The number of rotatable bonds is 4. The predicted octanol–water partition coefficient (Wildman–Crippen LogP) is 3.58. The van der Waals surface area contributed by atoms with E-state index >= 15 is 0 Å². The molecule has 20 heavy (non-hydrogen) atoms. The molecule has 1 amide bonds. The highest BCUT2D eigenvalue weighted by Gasteiger charge is 2.39. The second-order valence-electron chi connectivity index (χ2n) is 6.50. The van der Waals surface area contributed by atoms with Gasteiger partial charge in [0.2, 0.25) is 5.91 Å². The molecule has 3 heteroatoms. The maximum Gasteiger partial charge on any atom is 0.220 e. The van der Waals surface area contributed by atoms with Crippen molar-refractivity contribution in [2.24, 2.45) is 17.8 Å². The zero-order valence-electron chi connectivity index (χ0n) is 12.0. The summed E-state index contributed by atoms with van der Waals surface area (Å²) < 4.78 is 13.4. The van der Waals surface area contributed by atoms with Crippen LogP contribution < -0.4 is 5.32 Å². The summed E-state index contributed by atoms with van der Waals surface area (Å²) in [6.07, 6.45) is 5.89. The lowest BCUT2D eigenvalue weighted by molar-refractivity contribution is -0.122. The van der Waals surface area contributed by atoms with Crippen molar-refractivity contribution >= 4 is 5.91 Å². The number of benzene rings is 1. The molecular formula is C17H22FNO. The Hall–Kier alpha value is -1.38. The fraction of sp³-hybridized carbons (Fsp3) is 0.588. The van der Waals surface area contributed by atoms with Gasteiger partial charge in [-0.2, -0.15) is 0 Å². The van der Waals surface area contributed by atoms with Gasteiger partial charge < -0.3 is 5.32 Å². The van der Waals surface area contributed by atoms with Crippen molar-refractivity contribution in [3.05, 3.63) is 35.1 Å². The van der Waals surface area contributed by atoms with Crippen LogP contribution in [0.4, 0.5) is 4.39 Å². The second-order valence-corrected chi connectivity index (χ2v) is 6.50. The van der Waals surface area contributed by atoms with E-state index in [2.05, 4.69) is 5.32 Å². The smallest absolute Gasteiger partial charge is 0.220 e. The highest BCUT2D eigenvalue weighted by atomic mass is 19.1. The summed E-state index contributed by atoms with van der Waals surface area (Å²) in [6, 6.07) is 5.14. The highest BCUT2D eigenvalue weighted by molar-refractivity contribution is 5.76. The lowest BCUT2D eigenvalue weighted by Gasteiger charge is -2.20. The summed E-state index contributed by atoms with van der Waals surface area (Å²) in [4.78, 5) is 12.0. The Morgan fingerprint density at radius 1 is 1.35 bits per heavy atom. The summed E-state index contributed by atoms with van der Waals surface area (Å²) in [5, 5.41) is 2.93. The van der Waals surface area contributed by atoms with Gasteiger partial charge in [0.15, 0.2) is 0 Å². The largest absolute Gasteiger partial charge is 0.352 e. The summed E-state index contributed by atoms with van der Waals surface area (Å²) in [5.74, 6) is 2.16.